The molecule has 210 valence electrons. The third-order valence-corrected chi connectivity index (χ3v) is 7.10. The molecule has 1 fully saturated rings. The van der Waals surface area contributed by atoms with Crippen LogP contribution in [0, 0.1) is 0 Å². The normalized spacial score (nSPS) is 19.3. The van der Waals surface area contributed by atoms with Crippen LogP contribution in [0.15, 0.2) is 83.5 Å². The fraction of sp³-hybridized carbons (Fsp3) is 0.258. The van der Waals surface area contributed by atoms with Gasteiger partial charge in [0.2, 0.25) is 5.89 Å². The third-order valence-electron chi connectivity index (χ3n) is 7.10. The Bertz CT molecular complexity index is 1520. The molecule has 41 heavy (non-hydrogen) atoms. The van der Waals surface area contributed by atoms with Gasteiger partial charge in [-0.25, -0.2) is 4.98 Å². The van der Waals surface area contributed by atoms with Gasteiger partial charge in [-0.15, -0.1) is 0 Å². The van der Waals surface area contributed by atoms with Crippen LogP contribution in [0.5, 0.6) is 17.2 Å². The Morgan fingerprint density at radius 2 is 1.83 bits per heavy atom. The number of hydrogen-bond donors (Lipinski definition) is 2. The van der Waals surface area contributed by atoms with E-state index >= 15 is 0 Å². The maximum atomic E-state index is 13.4. The Kier molecular flexibility index (Phi) is 7.55. The average Bonchev–Trinajstić information content (AvgIpc) is 3.62. The number of amides is 2. The van der Waals surface area contributed by atoms with E-state index in [0.717, 1.165) is 16.8 Å². The Morgan fingerprint density at radius 3 is 2.63 bits per heavy atom. The van der Waals surface area contributed by atoms with Crippen LogP contribution in [0.2, 0.25) is 0 Å². The van der Waals surface area contributed by atoms with Gasteiger partial charge in [-0.3, -0.25) is 14.5 Å². The van der Waals surface area contributed by atoms with Crippen LogP contribution in [0.3, 0.4) is 0 Å². The number of nitrogens with one attached hydrogen (secondary N) is 2. The lowest BCUT2D eigenvalue weighted by molar-refractivity contribution is -0.123. The molecule has 10 heteroatoms. The van der Waals surface area contributed by atoms with E-state index in [4.69, 9.17) is 18.6 Å². The lowest BCUT2D eigenvalue weighted by Crippen LogP contribution is -2.45. The van der Waals surface area contributed by atoms with E-state index in [1.165, 1.54) is 7.11 Å². The molecule has 3 aliphatic heterocycles. The molecule has 4 aromatic rings. The number of carbonyl (C=O) groups is 2. The fourth-order valence-electron chi connectivity index (χ4n) is 5.00. The number of ether oxygens (including phenoxy) is 3. The van der Waals surface area contributed by atoms with Crippen LogP contribution in [-0.4, -0.2) is 60.7 Å². The quantitative estimate of drug-likeness (QED) is 0.395. The minimum atomic E-state index is -0.311. The van der Waals surface area contributed by atoms with Gasteiger partial charge >= 0.3 is 0 Å². The van der Waals surface area contributed by atoms with Crippen molar-refractivity contribution in [2.24, 2.45) is 0 Å². The van der Waals surface area contributed by atoms with E-state index in [2.05, 4.69) is 20.5 Å². The van der Waals surface area contributed by atoms with Crippen molar-refractivity contribution in [1.82, 2.24) is 20.5 Å². The molecule has 0 saturated carbocycles. The number of likely N-dealkylation sites (tertiary alicyclic amines) is 1. The second kappa shape index (κ2) is 11.7. The lowest BCUT2D eigenvalue weighted by Gasteiger charge is -2.21. The highest BCUT2D eigenvalue weighted by Gasteiger charge is 2.36. The molecule has 1 aromatic heterocycles. The summed E-state index contributed by atoms with van der Waals surface area (Å²) in [5, 5.41) is 5.98. The number of oxazole rings is 1. The van der Waals surface area contributed by atoms with Gasteiger partial charge in [0, 0.05) is 37.3 Å². The summed E-state index contributed by atoms with van der Waals surface area (Å²) in [5.74, 6) is 1.42. The molecule has 3 aromatic carbocycles. The van der Waals surface area contributed by atoms with Crippen LogP contribution >= 0.6 is 0 Å². The molecule has 2 amide bonds. The topological polar surface area (TPSA) is 115 Å². The number of carbonyl (C=O) groups excluding carboxylic acids is 2. The molecule has 10 nitrogen and oxygen atoms in total. The first-order chi connectivity index (χ1) is 20.0. The Morgan fingerprint density at radius 1 is 1.00 bits per heavy atom. The summed E-state index contributed by atoms with van der Waals surface area (Å²) >= 11 is 0. The van der Waals surface area contributed by atoms with Crippen LogP contribution < -0.4 is 24.8 Å². The molecule has 0 aliphatic carbocycles. The van der Waals surface area contributed by atoms with E-state index < -0.39 is 0 Å². The van der Waals surface area contributed by atoms with E-state index in [1.54, 1.807) is 24.5 Å². The number of nitrogens with zero attached hydrogens (tertiary/aromatic N) is 2. The van der Waals surface area contributed by atoms with Crippen molar-refractivity contribution in [3.8, 4) is 28.7 Å². The van der Waals surface area contributed by atoms with Gasteiger partial charge in [0.25, 0.3) is 11.8 Å². The lowest BCUT2D eigenvalue weighted by atomic mass is 10.1. The highest BCUT2D eigenvalue weighted by Crippen LogP contribution is 2.29. The average molecular weight is 555 g/mol. The first-order valence-electron chi connectivity index (χ1n) is 13.4. The van der Waals surface area contributed by atoms with Gasteiger partial charge < -0.3 is 29.3 Å². The van der Waals surface area contributed by atoms with Crippen molar-refractivity contribution >= 4 is 11.8 Å². The largest absolute Gasteiger partial charge is 0.493 e. The summed E-state index contributed by atoms with van der Waals surface area (Å²) in [6.45, 7) is 1.81. The second-order valence-electron chi connectivity index (χ2n) is 10.0. The van der Waals surface area contributed by atoms with E-state index in [9.17, 15) is 9.59 Å². The molecule has 3 aliphatic rings. The summed E-state index contributed by atoms with van der Waals surface area (Å²) < 4.78 is 23.2. The molecule has 0 spiro atoms. The summed E-state index contributed by atoms with van der Waals surface area (Å²) in [4.78, 5) is 32.6. The maximum Gasteiger partial charge on any atom is 0.258 e. The van der Waals surface area contributed by atoms with Crippen molar-refractivity contribution in [1.29, 1.82) is 0 Å². The van der Waals surface area contributed by atoms with Crippen LogP contribution in [-0.2, 0) is 17.9 Å². The molecule has 0 radical (unpaired) electrons. The standard InChI is InChI=1S/C31H30N4O6/c1-38-26-12-9-22-13-27(26)39-19-29(36)32-14-20-7-10-24(11-8-20)41-28-17-35(16-25(28)34-30(22)37)15-23-18-40-31(33-23)21-5-3-2-4-6-21/h2-13,18,25,28H,14-17,19H2,1H3,(H,32,36)(H,34,37)/t25-,28-/m0/s1. The molecule has 0 unspecified atom stereocenters. The molecule has 4 bridgehead atoms. The van der Waals surface area contributed by atoms with Crippen molar-refractivity contribution in [2.45, 2.75) is 25.2 Å². The van der Waals surface area contributed by atoms with Gasteiger partial charge in [-0.2, -0.15) is 0 Å². The number of rotatable bonds is 4. The zero-order valence-corrected chi connectivity index (χ0v) is 22.5. The fourth-order valence-corrected chi connectivity index (χ4v) is 5.00. The summed E-state index contributed by atoms with van der Waals surface area (Å²) in [5.41, 5.74) is 3.02. The summed E-state index contributed by atoms with van der Waals surface area (Å²) in [6.07, 6.45) is 1.36. The highest BCUT2D eigenvalue weighted by molar-refractivity contribution is 5.95. The van der Waals surface area contributed by atoms with Gasteiger partial charge in [0.15, 0.2) is 18.1 Å². The van der Waals surface area contributed by atoms with Crippen molar-refractivity contribution in [2.75, 3.05) is 26.8 Å². The minimum Gasteiger partial charge on any atom is -0.493 e. The first-order valence-corrected chi connectivity index (χ1v) is 13.4. The predicted molar refractivity (Wildman–Crippen MR) is 150 cm³/mol. The van der Waals surface area contributed by atoms with Crippen molar-refractivity contribution in [3.05, 3.63) is 95.9 Å². The molecule has 2 N–H and O–H groups in total. The van der Waals surface area contributed by atoms with Crippen LogP contribution in [0.4, 0.5) is 0 Å². The minimum absolute atomic E-state index is 0.212. The summed E-state index contributed by atoms with van der Waals surface area (Å²) in [7, 11) is 1.51. The van der Waals surface area contributed by atoms with Crippen molar-refractivity contribution < 1.29 is 28.2 Å². The molecule has 2 atom stereocenters. The molecule has 4 heterocycles. The molecule has 1 saturated heterocycles. The number of hydrogen-bond acceptors (Lipinski definition) is 8. The highest BCUT2D eigenvalue weighted by atomic mass is 16.5. The Hall–Kier alpha value is -4.83. The van der Waals surface area contributed by atoms with E-state index in [-0.39, 0.29) is 30.6 Å². The molecular formula is C31H30N4O6. The van der Waals surface area contributed by atoms with E-state index in [1.807, 2.05) is 54.6 Å². The smallest absolute Gasteiger partial charge is 0.258 e. The van der Waals surface area contributed by atoms with Gasteiger partial charge in [-0.1, -0.05) is 30.3 Å². The monoisotopic (exact) mass is 554 g/mol. The van der Waals surface area contributed by atoms with E-state index in [0.29, 0.717) is 54.9 Å². The summed E-state index contributed by atoms with van der Waals surface area (Å²) in [6, 6.07) is 21.9. The first kappa shape index (κ1) is 26.4. The van der Waals surface area contributed by atoms with Crippen LogP contribution in [0.25, 0.3) is 11.5 Å². The van der Waals surface area contributed by atoms with Gasteiger partial charge in [0.05, 0.1) is 18.8 Å². The number of fused-ring (bicyclic) bond motifs is 7. The zero-order chi connectivity index (χ0) is 28.2. The maximum absolute atomic E-state index is 13.4. The number of methoxy groups -OCH3 is 1. The SMILES string of the molecule is COc1ccc2cc1OCC(=O)NCc1ccc(cc1)O[C@H]1CN(Cc3coc(-c4ccccc4)n3)C[C@@H]1NC2=O. The number of aromatic nitrogens is 1. The van der Waals surface area contributed by atoms with Crippen LogP contribution in [0.1, 0.15) is 21.6 Å². The predicted octanol–water partition coefficient (Wildman–Crippen LogP) is 3.42. The Labute approximate surface area is 237 Å². The Balaban J connectivity index is 1.24. The van der Waals surface area contributed by atoms with Gasteiger partial charge in [-0.05, 0) is 48.0 Å². The third kappa shape index (κ3) is 6.17. The second-order valence-corrected chi connectivity index (χ2v) is 10.0. The number of benzene rings is 3. The molecule has 7 rings (SSSR count). The van der Waals surface area contributed by atoms with Crippen molar-refractivity contribution in [3.63, 3.8) is 0 Å². The zero-order valence-electron chi connectivity index (χ0n) is 22.5. The van der Waals surface area contributed by atoms with Gasteiger partial charge in [0.1, 0.15) is 18.1 Å². The molecular weight excluding hydrogens is 524 g/mol.